The van der Waals surface area contributed by atoms with Crippen molar-refractivity contribution in [3.8, 4) is 0 Å². The first-order valence-corrected chi connectivity index (χ1v) is 9.13. The molecule has 0 atom stereocenters. The van der Waals surface area contributed by atoms with Gasteiger partial charge in [0.05, 0.1) is 11.4 Å². The van der Waals surface area contributed by atoms with E-state index in [9.17, 15) is 8.42 Å². The van der Waals surface area contributed by atoms with Crippen LogP contribution >= 0.6 is 43.5 Å². The van der Waals surface area contributed by atoms with Crippen LogP contribution in [0.4, 0.5) is 11.4 Å². The molecular weight excluding hydrogens is 443 g/mol. The first kappa shape index (κ1) is 16.6. The lowest BCUT2D eigenvalue weighted by Crippen LogP contribution is -2.27. The second kappa shape index (κ2) is 6.16. The highest BCUT2D eigenvalue weighted by atomic mass is 79.9. The molecule has 0 saturated heterocycles. The van der Waals surface area contributed by atoms with Crippen LogP contribution in [0.15, 0.2) is 50.2 Å². The van der Waals surface area contributed by atoms with Gasteiger partial charge in [-0.15, -0.1) is 0 Å². The summed E-state index contributed by atoms with van der Waals surface area (Å²) in [5.41, 5.74) is 6.51. The number of sulfonamides is 1. The third-order valence-electron chi connectivity index (χ3n) is 2.86. The van der Waals surface area contributed by atoms with Gasteiger partial charge in [-0.25, -0.2) is 8.42 Å². The summed E-state index contributed by atoms with van der Waals surface area (Å²) in [6, 6.07) is 9.62. The molecule has 0 amide bonds. The van der Waals surface area contributed by atoms with E-state index in [-0.39, 0.29) is 4.90 Å². The lowest BCUT2D eigenvalue weighted by Gasteiger charge is -2.22. The fourth-order valence-corrected chi connectivity index (χ4v) is 4.58. The van der Waals surface area contributed by atoms with Gasteiger partial charge in [0.1, 0.15) is 4.90 Å². The van der Waals surface area contributed by atoms with E-state index in [0.717, 1.165) is 4.31 Å². The Balaban J connectivity index is 2.58. The van der Waals surface area contributed by atoms with Gasteiger partial charge in [0.25, 0.3) is 10.0 Å². The lowest BCUT2D eigenvalue weighted by atomic mass is 10.3. The fourth-order valence-electron chi connectivity index (χ4n) is 1.74. The average Bonchev–Trinajstić information content (AvgIpc) is 2.43. The monoisotopic (exact) mass is 452 g/mol. The Morgan fingerprint density at radius 1 is 1.14 bits per heavy atom. The third kappa shape index (κ3) is 3.36. The van der Waals surface area contributed by atoms with Crippen molar-refractivity contribution in [3.05, 3.63) is 50.4 Å². The molecule has 0 unspecified atom stereocenters. The number of halogens is 3. The zero-order chi connectivity index (χ0) is 15.8. The molecule has 112 valence electrons. The molecule has 21 heavy (non-hydrogen) atoms. The molecule has 0 fully saturated rings. The van der Waals surface area contributed by atoms with Crippen LogP contribution in [0.5, 0.6) is 0 Å². The zero-order valence-corrected chi connectivity index (χ0v) is 15.6. The highest BCUT2D eigenvalue weighted by molar-refractivity contribution is 9.11. The molecule has 8 heteroatoms. The van der Waals surface area contributed by atoms with Crippen molar-refractivity contribution in [1.82, 2.24) is 0 Å². The van der Waals surface area contributed by atoms with Gasteiger partial charge in [0.15, 0.2) is 0 Å². The Morgan fingerprint density at radius 3 is 2.48 bits per heavy atom. The Morgan fingerprint density at radius 2 is 1.81 bits per heavy atom. The molecular formula is C13H11Br2ClN2O2S. The maximum atomic E-state index is 12.7. The quantitative estimate of drug-likeness (QED) is 0.705. The Kier molecular flexibility index (Phi) is 4.87. The summed E-state index contributed by atoms with van der Waals surface area (Å²) in [6.45, 7) is 0. The molecule has 0 bridgehead atoms. The van der Waals surface area contributed by atoms with Crippen LogP contribution in [0.25, 0.3) is 0 Å². The summed E-state index contributed by atoms with van der Waals surface area (Å²) in [5.74, 6) is 0. The van der Waals surface area contributed by atoms with Crippen molar-refractivity contribution in [2.75, 3.05) is 17.1 Å². The molecule has 2 N–H and O–H groups in total. The standard InChI is InChI=1S/C13H11Br2ClN2O2S/c1-18(12-7-9(16)3-5-11(12)17)21(19,20)13-6-8(14)2-4-10(13)15/h2-7H,17H2,1H3. The summed E-state index contributed by atoms with van der Waals surface area (Å²) >= 11 is 12.4. The van der Waals surface area contributed by atoms with E-state index in [1.54, 1.807) is 24.3 Å². The van der Waals surface area contributed by atoms with Crippen molar-refractivity contribution >= 4 is 64.9 Å². The van der Waals surface area contributed by atoms with Gasteiger partial charge in [0.2, 0.25) is 0 Å². The van der Waals surface area contributed by atoms with Gasteiger partial charge in [-0.05, 0) is 52.3 Å². The number of nitrogens with two attached hydrogens (primary N) is 1. The molecule has 0 spiro atoms. The van der Waals surface area contributed by atoms with E-state index in [0.29, 0.717) is 25.3 Å². The number of benzene rings is 2. The topological polar surface area (TPSA) is 63.4 Å². The molecule has 0 radical (unpaired) electrons. The minimum Gasteiger partial charge on any atom is -0.397 e. The molecule has 2 aromatic carbocycles. The minimum absolute atomic E-state index is 0.138. The number of hydrogen-bond donors (Lipinski definition) is 1. The van der Waals surface area contributed by atoms with Crippen molar-refractivity contribution in [1.29, 1.82) is 0 Å². The van der Waals surface area contributed by atoms with Crippen molar-refractivity contribution in [3.63, 3.8) is 0 Å². The predicted octanol–water partition coefficient (Wildman–Crippen LogP) is 4.27. The van der Waals surface area contributed by atoms with Crippen molar-refractivity contribution in [2.45, 2.75) is 4.90 Å². The van der Waals surface area contributed by atoms with E-state index in [4.69, 9.17) is 17.3 Å². The van der Waals surface area contributed by atoms with Crippen LogP contribution in [0.1, 0.15) is 0 Å². The number of nitrogens with zero attached hydrogens (tertiary/aromatic N) is 1. The Bertz CT molecular complexity index is 797. The smallest absolute Gasteiger partial charge is 0.265 e. The summed E-state index contributed by atoms with van der Waals surface area (Å²) < 4.78 is 27.7. The Hall–Kier alpha value is -0.760. The van der Waals surface area contributed by atoms with Crippen LogP contribution < -0.4 is 10.0 Å². The first-order valence-electron chi connectivity index (χ1n) is 5.72. The van der Waals surface area contributed by atoms with E-state index >= 15 is 0 Å². The highest BCUT2D eigenvalue weighted by Crippen LogP contribution is 2.33. The molecule has 0 aliphatic rings. The molecule has 0 aliphatic heterocycles. The van der Waals surface area contributed by atoms with Crippen LogP contribution in [0.3, 0.4) is 0 Å². The molecule has 0 saturated carbocycles. The third-order valence-corrected chi connectivity index (χ3v) is 6.36. The van der Waals surface area contributed by atoms with Crippen LogP contribution in [-0.2, 0) is 10.0 Å². The fraction of sp³-hybridized carbons (Fsp3) is 0.0769. The van der Waals surface area contributed by atoms with E-state index < -0.39 is 10.0 Å². The number of nitrogen functional groups attached to an aromatic ring is 1. The number of rotatable bonds is 3. The lowest BCUT2D eigenvalue weighted by molar-refractivity contribution is 0.594. The summed E-state index contributed by atoms with van der Waals surface area (Å²) in [4.78, 5) is 0.138. The van der Waals surface area contributed by atoms with Crippen LogP contribution in [0, 0.1) is 0 Å². The van der Waals surface area contributed by atoms with Gasteiger partial charge in [-0.3, -0.25) is 4.31 Å². The van der Waals surface area contributed by atoms with Crippen LogP contribution in [0.2, 0.25) is 5.02 Å². The SMILES string of the molecule is CN(c1cc(Cl)ccc1N)S(=O)(=O)c1cc(Br)ccc1Br. The van der Waals surface area contributed by atoms with Gasteiger partial charge < -0.3 is 5.73 Å². The Labute approximate surface area is 145 Å². The summed E-state index contributed by atoms with van der Waals surface area (Å²) in [7, 11) is -2.33. The van der Waals surface area contributed by atoms with Crippen molar-refractivity contribution in [2.24, 2.45) is 0 Å². The number of hydrogen-bond acceptors (Lipinski definition) is 3. The highest BCUT2D eigenvalue weighted by Gasteiger charge is 2.25. The van der Waals surface area contributed by atoms with Crippen molar-refractivity contribution < 1.29 is 8.42 Å². The maximum absolute atomic E-state index is 12.7. The molecule has 2 rings (SSSR count). The molecule has 4 nitrogen and oxygen atoms in total. The summed E-state index contributed by atoms with van der Waals surface area (Å²) in [5, 5.41) is 0.412. The molecule has 0 aliphatic carbocycles. The molecule has 0 heterocycles. The van der Waals surface area contributed by atoms with Crippen LogP contribution in [-0.4, -0.2) is 15.5 Å². The number of anilines is 2. The minimum atomic E-state index is -3.77. The maximum Gasteiger partial charge on any atom is 0.265 e. The second-order valence-corrected chi connectivity index (χ2v) is 8.39. The normalized spacial score (nSPS) is 11.4. The second-order valence-electron chi connectivity index (χ2n) is 4.25. The predicted molar refractivity (Wildman–Crippen MR) is 93.3 cm³/mol. The first-order chi connectivity index (χ1) is 9.73. The largest absolute Gasteiger partial charge is 0.397 e. The van der Waals surface area contributed by atoms with E-state index in [1.807, 2.05) is 0 Å². The van der Waals surface area contributed by atoms with Gasteiger partial charge in [-0.2, -0.15) is 0 Å². The van der Waals surface area contributed by atoms with E-state index in [2.05, 4.69) is 31.9 Å². The van der Waals surface area contributed by atoms with Gasteiger partial charge in [-0.1, -0.05) is 27.5 Å². The van der Waals surface area contributed by atoms with Gasteiger partial charge in [0, 0.05) is 21.0 Å². The summed E-state index contributed by atoms with van der Waals surface area (Å²) in [6.07, 6.45) is 0. The molecule has 2 aromatic rings. The zero-order valence-electron chi connectivity index (χ0n) is 10.8. The van der Waals surface area contributed by atoms with E-state index in [1.165, 1.54) is 19.2 Å². The molecule has 0 aromatic heterocycles. The van der Waals surface area contributed by atoms with Gasteiger partial charge >= 0.3 is 0 Å². The average molecular weight is 455 g/mol.